The number of thiocarbonyl (C=S) groups is 1. The first-order valence-corrected chi connectivity index (χ1v) is 8.44. The number of hydrogen-bond donors (Lipinski definition) is 1. The molecule has 3 rings (SSSR count). The van der Waals surface area contributed by atoms with Gasteiger partial charge in [0.25, 0.3) is 5.91 Å². The van der Waals surface area contributed by atoms with Crippen LogP contribution in [0.2, 0.25) is 0 Å². The highest BCUT2D eigenvalue weighted by Crippen LogP contribution is 2.29. The maximum atomic E-state index is 12.9. The Kier molecular flexibility index (Phi) is 4.49. The van der Waals surface area contributed by atoms with Crippen molar-refractivity contribution in [1.82, 2.24) is 5.32 Å². The van der Waals surface area contributed by atoms with Crippen LogP contribution in [0.25, 0.3) is 6.08 Å². The Balaban J connectivity index is 1.95. The molecule has 0 aliphatic carbocycles. The topological polar surface area (TPSA) is 32.3 Å². The molecule has 1 heterocycles. The summed E-state index contributed by atoms with van der Waals surface area (Å²) in [5, 5.41) is 3.48. The van der Waals surface area contributed by atoms with E-state index in [2.05, 4.69) is 24.4 Å². The van der Waals surface area contributed by atoms with Gasteiger partial charge < -0.3 is 5.32 Å². The average Bonchev–Trinajstić information content (AvgIpc) is 2.83. The predicted molar refractivity (Wildman–Crippen MR) is 103 cm³/mol. The van der Waals surface area contributed by atoms with Gasteiger partial charge >= 0.3 is 0 Å². The van der Waals surface area contributed by atoms with E-state index in [0.29, 0.717) is 10.8 Å². The fourth-order valence-corrected chi connectivity index (χ4v) is 3.20. The number of hydrogen-bond acceptors (Lipinski definition) is 2. The molecule has 122 valence electrons. The normalized spacial score (nSPS) is 16.0. The number of amides is 1. The van der Waals surface area contributed by atoms with Crippen molar-refractivity contribution < 1.29 is 4.79 Å². The molecule has 24 heavy (non-hydrogen) atoms. The summed E-state index contributed by atoms with van der Waals surface area (Å²) in [6, 6.07) is 14.2. The van der Waals surface area contributed by atoms with E-state index in [4.69, 9.17) is 12.2 Å². The van der Waals surface area contributed by atoms with Gasteiger partial charge in [-0.15, -0.1) is 0 Å². The Labute approximate surface area is 148 Å². The van der Waals surface area contributed by atoms with Gasteiger partial charge in [0, 0.05) is 0 Å². The van der Waals surface area contributed by atoms with E-state index in [1.54, 1.807) is 4.90 Å². The summed E-state index contributed by atoms with van der Waals surface area (Å²) in [4.78, 5) is 14.4. The highest BCUT2D eigenvalue weighted by Gasteiger charge is 2.33. The summed E-state index contributed by atoms with van der Waals surface area (Å²) in [5.41, 5.74) is 5.68. The summed E-state index contributed by atoms with van der Waals surface area (Å²) >= 11 is 5.40. The van der Waals surface area contributed by atoms with Crippen molar-refractivity contribution in [2.75, 3.05) is 4.90 Å². The molecule has 0 unspecified atom stereocenters. The van der Waals surface area contributed by atoms with Gasteiger partial charge in [0.05, 0.1) is 5.69 Å². The number of nitrogens with zero attached hydrogens (tertiary/aromatic N) is 1. The first-order valence-electron chi connectivity index (χ1n) is 8.03. The van der Waals surface area contributed by atoms with Gasteiger partial charge in [0.2, 0.25) is 0 Å². The summed E-state index contributed by atoms with van der Waals surface area (Å²) in [6.07, 6.45) is 2.85. The summed E-state index contributed by atoms with van der Waals surface area (Å²) in [5.74, 6) is -0.114. The van der Waals surface area contributed by atoms with Crippen LogP contribution < -0.4 is 10.2 Å². The number of carbonyl (C=O) groups is 1. The zero-order chi connectivity index (χ0) is 17.3. The van der Waals surface area contributed by atoms with Crippen molar-refractivity contribution in [3.05, 3.63) is 70.4 Å². The van der Waals surface area contributed by atoms with Gasteiger partial charge in [0.15, 0.2) is 5.11 Å². The molecule has 1 aliphatic heterocycles. The number of nitrogens with one attached hydrogen (secondary N) is 1. The summed E-state index contributed by atoms with van der Waals surface area (Å²) in [7, 11) is 0. The Morgan fingerprint density at radius 2 is 1.71 bits per heavy atom. The van der Waals surface area contributed by atoms with E-state index < -0.39 is 0 Å². The molecule has 2 aromatic rings. The maximum absolute atomic E-state index is 12.9. The van der Waals surface area contributed by atoms with Gasteiger partial charge in [-0.3, -0.25) is 9.69 Å². The quantitative estimate of drug-likeness (QED) is 0.676. The Morgan fingerprint density at radius 3 is 2.29 bits per heavy atom. The highest BCUT2D eigenvalue weighted by atomic mass is 32.1. The molecule has 0 spiro atoms. The molecule has 1 fully saturated rings. The molecule has 1 aliphatic rings. The van der Waals surface area contributed by atoms with Crippen molar-refractivity contribution in [2.45, 2.75) is 27.2 Å². The summed E-state index contributed by atoms with van der Waals surface area (Å²) < 4.78 is 0. The smallest absolute Gasteiger partial charge is 0.281 e. The molecule has 1 saturated heterocycles. The van der Waals surface area contributed by atoms with Crippen LogP contribution in [0.3, 0.4) is 0 Å². The number of rotatable bonds is 3. The Hall–Kier alpha value is -2.46. The van der Waals surface area contributed by atoms with Gasteiger partial charge in [0.1, 0.15) is 5.70 Å². The fourth-order valence-electron chi connectivity index (χ4n) is 2.91. The molecular formula is C20H20N2OS. The summed E-state index contributed by atoms with van der Waals surface area (Å²) in [6.45, 7) is 6.10. The number of aryl methyl sites for hydroxylation is 3. The van der Waals surface area contributed by atoms with Crippen LogP contribution >= 0.6 is 12.2 Å². The lowest BCUT2D eigenvalue weighted by Gasteiger charge is -2.19. The SMILES string of the molecule is CCc1ccc(/C=C2\NC(=S)N(c3c(C)cccc3C)C2=O)cc1. The van der Waals surface area contributed by atoms with E-state index in [0.717, 1.165) is 28.8 Å². The van der Waals surface area contributed by atoms with Crippen LogP contribution in [-0.2, 0) is 11.2 Å². The van der Waals surface area contributed by atoms with E-state index in [1.165, 1.54) is 5.56 Å². The Morgan fingerprint density at radius 1 is 1.08 bits per heavy atom. The van der Waals surface area contributed by atoms with Crippen LogP contribution in [0.4, 0.5) is 5.69 Å². The van der Waals surface area contributed by atoms with E-state index >= 15 is 0 Å². The third-order valence-electron chi connectivity index (χ3n) is 4.24. The predicted octanol–water partition coefficient (Wildman–Crippen LogP) is 4.13. The van der Waals surface area contributed by atoms with Crippen molar-refractivity contribution in [2.24, 2.45) is 0 Å². The zero-order valence-corrected chi connectivity index (χ0v) is 14.9. The monoisotopic (exact) mass is 336 g/mol. The lowest BCUT2D eigenvalue weighted by molar-refractivity contribution is -0.113. The molecule has 1 amide bonds. The zero-order valence-electron chi connectivity index (χ0n) is 14.1. The minimum absolute atomic E-state index is 0.114. The average molecular weight is 336 g/mol. The molecule has 0 aromatic heterocycles. The van der Waals surface area contributed by atoms with Gasteiger partial charge in [-0.1, -0.05) is 49.4 Å². The highest BCUT2D eigenvalue weighted by molar-refractivity contribution is 7.80. The molecule has 0 atom stereocenters. The first-order chi connectivity index (χ1) is 11.5. The second-order valence-electron chi connectivity index (χ2n) is 5.96. The minimum atomic E-state index is -0.114. The molecular weight excluding hydrogens is 316 g/mol. The first kappa shape index (κ1) is 16.4. The molecule has 3 nitrogen and oxygen atoms in total. The van der Waals surface area contributed by atoms with Crippen molar-refractivity contribution in [1.29, 1.82) is 0 Å². The van der Waals surface area contributed by atoms with Crippen molar-refractivity contribution in [3.63, 3.8) is 0 Å². The molecule has 0 bridgehead atoms. The molecule has 2 aromatic carbocycles. The third kappa shape index (κ3) is 2.97. The van der Waals surface area contributed by atoms with E-state index in [1.807, 2.05) is 50.3 Å². The minimum Gasteiger partial charge on any atom is -0.327 e. The van der Waals surface area contributed by atoms with Gasteiger partial charge in [-0.05, 0) is 60.8 Å². The second-order valence-corrected chi connectivity index (χ2v) is 6.35. The van der Waals surface area contributed by atoms with Gasteiger partial charge in [-0.25, -0.2) is 0 Å². The number of para-hydroxylation sites is 1. The van der Waals surface area contributed by atoms with Crippen molar-refractivity contribution in [3.8, 4) is 0 Å². The van der Waals surface area contributed by atoms with E-state index in [-0.39, 0.29) is 5.91 Å². The van der Waals surface area contributed by atoms with E-state index in [9.17, 15) is 4.79 Å². The molecule has 0 saturated carbocycles. The lowest BCUT2D eigenvalue weighted by atomic mass is 10.1. The second kappa shape index (κ2) is 6.57. The molecule has 0 radical (unpaired) electrons. The standard InChI is InChI=1S/C20H20N2OS/c1-4-15-8-10-16(11-9-15)12-17-19(23)22(20(24)21-17)18-13(2)6-5-7-14(18)3/h5-12H,4H2,1-3H3,(H,21,24)/b17-12-. The molecule has 1 N–H and O–H groups in total. The lowest BCUT2D eigenvalue weighted by Crippen LogP contribution is -2.31. The van der Waals surface area contributed by atoms with Gasteiger partial charge in [-0.2, -0.15) is 0 Å². The third-order valence-corrected chi connectivity index (χ3v) is 4.52. The van der Waals surface area contributed by atoms with Crippen LogP contribution in [-0.4, -0.2) is 11.0 Å². The number of carbonyl (C=O) groups excluding carboxylic acids is 1. The van der Waals surface area contributed by atoms with Crippen molar-refractivity contribution >= 4 is 35.0 Å². The number of benzene rings is 2. The number of anilines is 1. The largest absolute Gasteiger partial charge is 0.327 e. The fraction of sp³-hybridized carbons (Fsp3) is 0.200. The van der Waals surface area contributed by atoms with Crippen LogP contribution in [0.15, 0.2) is 48.2 Å². The molecule has 4 heteroatoms. The maximum Gasteiger partial charge on any atom is 0.281 e. The van der Waals surface area contributed by atoms with Crippen LogP contribution in [0, 0.1) is 13.8 Å². The van der Waals surface area contributed by atoms with Crippen LogP contribution in [0.5, 0.6) is 0 Å². The van der Waals surface area contributed by atoms with Crippen LogP contribution in [0.1, 0.15) is 29.2 Å². The Bertz CT molecular complexity index is 817.